The molecular weight excluding hydrogens is 350 g/mol. The van der Waals surface area contributed by atoms with E-state index in [4.69, 9.17) is 16.7 Å². The fourth-order valence-electron chi connectivity index (χ4n) is 2.00. The van der Waals surface area contributed by atoms with Crippen LogP contribution in [0.25, 0.3) is 0 Å². The highest BCUT2D eigenvalue weighted by Gasteiger charge is 2.17. The second-order valence-corrected chi connectivity index (χ2v) is 6.80. The third kappa shape index (κ3) is 4.35. The van der Waals surface area contributed by atoms with Gasteiger partial charge in [-0.1, -0.05) is 35.9 Å². The molecule has 0 unspecified atom stereocenters. The quantitative estimate of drug-likeness (QED) is 0.607. The smallest absolute Gasteiger partial charge is 0.269 e. The number of nitrogens with two attached hydrogens (primary N) is 1. The molecule has 0 radical (unpaired) electrons. The van der Waals surface area contributed by atoms with E-state index in [0.29, 0.717) is 6.54 Å². The molecule has 8 heteroatoms. The molecule has 0 aromatic heterocycles. The third-order valence-electron chi connectivity index (χ3n) is 3.12. The summed E-state index contributed by atoms with van der Waals surface area (Å²) in [6.07, 6.45) is 1.63. The van der Waals surface area contributed by atoms with Gasteiger partial charge in [0.2, 0.25) is 10.0 Å². The molecule has 0 aliphatic carbocycles. The summed E-state index contributed by atoms with van der Waals surface area (Å²) in [6.45, 7) is 4.02. The first kappa shape index (κ1) is 18.0. The van der Waals surface area contributed by atoms with Crippen LogP contribution in [0, 0.1) is 0 Å². The fourth-order valence-corrected chi connectivity index (χ4v) is 3.07. The topological polar surface area (TPSA) is 92.5 Å². The van der Waals surface area contributed by atoms with Crippen LogP contribution in [-0.2, 0) is 10.0 Å². The number of nitrogens with one attached hydrogen (secondary N) is 1. The number of rotatable bonds is 6. The van der Waals surface area contributed by atoms with Gasteiger partial charge in [0.05, 0.1) is 17.3 Å². The predicted octanol–water partition coefficient (Wildman–Crippen LogP) is 2.32. The number of halogens is 1. The Hall–Kier alpha value is -2.35. The maximum Gasteiger partial charge on any atom is 0.269 e. The summed E-state index contributed by atoms with van der Waals surface area (Å²) < 4.78 is 23.0. The minimum Gasteiger partial charge on any atom is -0.281 e. The van der Waals surface area contributed by atoms with Crippen LogP contribution in [0.3, 0.4) is 0 Å². The van der Waals surface area contributed by atoms with Crippen LogP contribution >= 0.6 is 11.6 Å². The molecule has 126 valence electrons. The van der Waals surface area contributed by atoms with E-state index in [9.17, 15) is 13.2 Å². The summed E-state index contributed by atoms with van der Waals surface area (Å²) in [5, 5.41) is 6.64. The first-order valence-electron chi connectivity index (χ1n) is 6.89. The second-order valence-electron chi connectivity index (χ2n) is 4.87. The van der Waals surface area contributed by atoms with Crippen LogP contribution in [0.2, 0.25) is 5.02 Å². The molecule has 0 aliphatic heterocycles. The van der Waals surface area contributed by atoms with Gasteiger partial charge in [-0.05, 0) is 30.3 Å². The number of amides is 1. The molecular formula is C16H16ClN3O3S. The zero-order chi connectivity index (χ0) is 17.7. The number of primary sulfonamides is 1. The lowest BCUT2D eigenvalue weighted by atomic mass is 10.2. The molecule has 0 saturated heterocycles. The van der Waals surface area contributed by atoms with Crippen molar-refractivity contribution in [1.82, 2.24) is 5.43 Å². The number of sulfonamides is 1. The number of benzene rings is 2. The highest BCUT2D eigenvalue weighted by molar-refractivity contribution is 7.89. The maximum absolute atomic E-state index is 12.4. The van der Waals surface area contributed by atoms with Gasteiger partial charge in [0, 0.05) is 5.56 Å². The molecule has 3 N–H and O–H groups in total. The lowest BCUT2D eigenvalue weighted by Gasteiger charge is -2.24. The van der Waals surface area contributed by atoms with Crippen molar-refractivity contribution in [3.05, 3.63) is 71.8 Å². The van der Waals surface area contributed by atoms with Gasteiger partial charge in [0.25, 0.3) is 5.91 Å². The molecule has 0 bridgehead atoms. The highest BCUT2D eigenvalue weighted by atomic mass is 35.5. The van der Waals surface area contributed by atoms with E-state index >= 15 is 0 Å². The average molecular weight is 366 g/mol. The molecule has 0 fully saturated rings. The van der Waals surface area contributed by atoms with Crippen LogP contribution in [0.15, 0.2) is 66.1 Å². The maximum atomic E-state index is 12.4. The molecule has 0 atom stereocenters. The molecule has 0 heterocycles. The summed E-state index contributed by atoms with van der Waals surface area (Å²) in [7, 11) is -4.02. The van der Waals surface area contributed by atoms with Crippen LogP contribution < -0.4 is 15.6 Å². The van der Waals surface area contributed by atoms with E-state index in [2.05, 4.69) is 12.0 Å². The first-order chi connectivity index (χ1) is 11.3. The zero-order valence-corrected chi connectivity index (χ0v) is 14.2. The van der Waals surface area contributed by atoms with Crippen molar-refractivity contribution < 1.29 is 13.2 Å². The van der Waals surface area contributed by atoms with Gasteiger partial charge in [0.15, 0.2) is 0 Å². The predicted molar refractivity (Wildman–Crippen MR) is 94.3 cm³/mol. The van der Waals surface area contributed by atoms with Gasteiger partial charge in [-0.2, -0.15) is 0 Å². The van der Waals surface area contributed by atoms with Crippen molar-refractivity contribution in [1.29, 1.82) is 0 Å². The lowest BCUT2D eigenvalue weighted by molar-refractivity contribution is 0.0950. The van der Waals surface area contributed by atoms with E-state index in [0.717, 1.165) is 11.8 Å². The lowest BCUT2D eigenvalue weighted by Crippen LogP contribution is -2.42. The van der Waals surface area contributed by atoms with E-state index in [1.807, 2.05) is 30.3 Å². The van der Waals surface area contributed by atoms with Gasteiger partial charge < -0.3 is 0 Å². The number of hydrogen-bond donors (Lipinski definition) is 2. The van der Waals surface area contributed by atoms with Crippen molar-refractivity contribution >= 4 is 33.2 Å². The van der Waals surface area contributed by atoms with E-state index in [-0.39, 0.29) is 15.5 Å². The molecule has 6 nitrogen and oxygen atoms in total. The number of hydrazine groups is 1. The minimum absolute atomic E-state index is 0.0416. The highest BCUT2D eigenvalue weighted by Crippen LogP contribution is 2.21. The summed E-state index contributed by atoms with van der Waals surface area (Å²) in [5.74, 6) is -0.498. The number of anilines is 1. The van der Waals surface area contributed by atoms with Crippen molar-refractivity contribution in [2.24, 2.45) is 5.14 Å². The monoisotopic (exact) mass is 365 g/mol. The summed E-state index contributed by atoms with van der Waals surface area (Å²) in [5.41, 5.74) is 3.57. The molecule has 2 aromatic rings. The molecule has 2 aromatic carbocycles. The third-order valence-corrected chi connectivity index (χ3v) is 4.51. The molecule has 0 spiro atoms. The Labute approximate surface area is 145 Å². The Morgan fingerprint density at radius 1 is 1.25 bits per heavy atom. The normalized spacial score (nSPS) is 10.9. The summed E-state index contributed by atoms with van der Waals surface area (Å²) >= 11 is 5.82. The number of carbonyl (C=O) groups excluding carboxylic acids is 1. The Kier molecular flexibility index (Phi) is 5.61. The summed E-state index contributed by atoms with van der Waals surface area (Å²) in [4.78, 5) is 12.1. The van der Waals surface area contributed by atoms with Crippen LogP contribution in [0.5, 0.6) is 0 Å². The van der Waals surface area contributed by atoms with Gasteiger partial charge in [-0.25, -0.2) is 13.6 Å². The minimum atomic E-state index is -4.02. The number of carbonyl (C=O) groups is 1. The Bertz CT molecular complexity index is 854. The van der Waals surface area contributed by atoms with E-state index in [1.165, 1.54) is 12.1 Å². The standard InChI is InChI=1S/C16H16ClN3O3S/c1-2-10-20(13-6-4-3-5-7-13)19-16(21)12-8-9-14(17)15(11-12)24(18,22)23/h2-9,11H,1,10H2,(H,19,21)(H2,18,22,23). The Balaban J connectivity index is 2.29. The largest absolute Gasteiger partial charge is 0.281 e. The fraction of sp³-hybridized carbons (Fsp3) is 0.0625. The zero-order valence-electron chi connectivity index (χ0n) is 12.6. The number of nitrogens with zero attached hydrogens (tertiary/aromatic N) is 1. The number of hydrogen-bond acceptors (Lipinski definition) is 4. The molecule has 24 heavy (non-hydrogen) atoms. The van der Waals surface area contributed by atoms with Crippen LogP contribution in [-0.4, -0.2) is 20.9 Å². The molecule has 2 rings (SSSR count). The van der Waals surface area contributed by atoms with E-state index in [1.54, 1.807) is 11.1 Å². The Morgan fingerprint density at radius 3 is 2.50 bits per heavy atom. The van der Waals surface area contributed by atoms with Crippen molar-refractivity contribution in [2.45, 2.75) is 4.90 Å². The first-order valence-corrected chi connectivity index (χ1v) is 8.82. The van der Waals surface area contributed by atoms with Gasteiger partial charge in [-0.15, -0.1) is 6.58 Å². The summed E-state index contributed by atoms with van der Waals surface area (Å²) in [6, 6.07) is 13.0. The van der Waals surface area contributed by atoms with Gasteiger partial charge in [0.1, 0.15) is 4.90 Å². The average Bonchev–Trinajstić information content (AvgIpc) is 2.54. The molecule has 1 amide bonds. The molecule has 0 saturated carbocycles. The SMILES string of the molecule is C=CCN(NC(=O)c1ccc(Cl)c(S(N)(=O)=O)c1)c1ccccc1. The van der Waals surface area contributed by atoms with Crippen LogP contribution in [0.1, 0.15) is 10.4 Å². The van der Waals surface area contributed by atoms with Gasteiger partial charge in [-0.3, -0.25) is 15.2 Å². The number of para-hydroxylation sites is 1. The van der Waals surface area contributed by atoms with Gasteiger partial charge >= 0.3 is 0 Å². The van der Waals surface area contributed by atoms with Crippen molar-refractivity contribution in [2.75, 3.05) is 11.6 Å². The second kappa shape index (κ2) is 7.48. The van der Waals surface area contributed by atoms with Crippen molar-refractivity contribution in [3.8, 4) is 0 Å². The van der Waals surface area contributed by atoms with Crippen molar-refractivity contribution in [3.63, 3.8) is 0 Å². The Morgan fingerprint density at radius 2 is 1.92 bits per heavy atom. The van der Waals surface area contributed by atoms with E-state index < -0.39 is 15.9 Å². The van der Waals surface area contributed by atoms with Crippen LogP contribution in [0.4, 0.5) is 5.69 Å². The molecule has 0 aliphatic rings.